The molecule has 2 rings (SSSR count). The van der Waals surface area contributed by atoms with E-state index >= 15 is 0 Å². The number of hydrogen-bond donors (Lipinski definition) is 0. The van der Waals surface area contributed by atoms with Crippen molar-refractivity contribution in [1.29, 1.82) is 0 Å². The highest BCUT2D eigenvalue weighted by Gasteiger charge is 2.27. The van der Waals surface area contributed by atoms with E-state index in [9.17, 15) is 14.0 Å². The summed E-state index contributed by atoms with van der Waals surface area (Å²) in [5, 5.41) is 0. The van der Waals surface area contributed by atoms with Crippen LogP contribution >= 0.6 is 0 Å². The zero-order valence-electron chi connectivity index (χ0n) is 14.0. The van der Waals surface area contributed by atoms with Crippen molar-refractivity contribution in [2.24, 2.45) is 5.92 Å². The van der Waals surface area contributed by atoms with Crippen molar-refractivity contribution in [3.63, 3.8) is 0 Å². The van der Waals surface area contributed by atoms with E-state index in [0.29, 0.717) is 32.6 Å². The summed E-state index contributed by atoms with van der Waals surface area (Å²) in [6.45, 7) is 4.14. The molecule has 1 heterocycles. The smallest absolute Gasteiger partial charge is 0.319 e. The van der Waals surface area contributed by atoms with Gasteiger partial charge in [0, 0.05) is 46.2 Å². The van der Waals surface area contributed by atoms with Gasteiger partial charge in [-0.05, 0) is 24.1 Å². The third-order valence-electron chi connectivity index (χ3n) is 4.12. The van der Waals surface area contributed by atoms with Crippen LogP contribution in [0.1, 0.15) is 12.5 Å². The Bertz CT molecular complexity index is 551. The number of carbonyl (C=O) groups is 2. The predicted molar refractivity (Wildman–Crippen MR) is 86.5 cm³/mol. The van der Waals surface area contributed by atoms with Gasteiger partial charge in [0.15, 0.2) is 0 Å². The van der Waals surface area contributed by atoms with Gasteiger partial charge in [-0.2, -0.15) is 0 Å². The average Bonchev–Trinajstić information content (AvgIpc) is 2.55. The first-order valence-corrected chi connectivity index (χ1v) is 7.88. The van der Waals surface area contributed by atoms with E-state index in [1.165, 1.54) is 12.1 Å². The number of benzene rings is 1. The highest BCUT2D eigenvalue weighted by atomic mass is 19.1. The molecule has 3 amide bonds. The van der Waals surface area contributed by atoms with E-state index in [1.807, 2.05) is 11.8 Å². The number of amides is 3. The lowest BCUT2D eigenvalue weighted by molar-refractivity contribution is -0.136. The SMILES string of the molecule is CC(Cc1ccc(F)cc1)C(=O)N1CCN(C(=O)N(C)C)CC1. The van der Waals surface area contributed by atoms with Crippen LogP contribution in [0.3, 0.4) is 0 Å². The molecule has 1 unspecified atom stereocenters. The van der Waals surface area contributed by atoms with Crippen molar-refractivity contribution in [2.75, 3.05) is 40.3 Å². The van der Waals surface area contributed by atoms with Gasteiger partial charge in [-0.3, -0.25) is 4.79 Å². The van der Waals surface area contributed by atoms with Crippen molar-refractivity contribution in [3.05, 3.63) is 35.6 Å². The summed E-state index contributed by atoms with van der Waals surface area (Å²) in [6, 6.07) is 6.24. The summed E-state index contributed by atoms with van der Waals surface area (Å²) in [5.41, 5.74) is 0.952. The monoisotopic (exact) mass is 321 g/mol. The molecule has 6 heteroatoms. The minimum atomic E-state index is -0.269. The van der Waals surface area contributed by atoms with Crippen molar-refractivity contribution in [3.8, 4) is 0 Å². The van der Waals surface area contributed by atoms with Crippen molar-refractivity contribution in [1.82, 2.24) is 14.7 Å². The van der Waals surface area contributed by atoms with Crippen LogP contribution in [0.25, 0.3) is 0 Å². The van der Waals surface area contributed by atoms with E-state index in [0.717, 1.165) is 5.56 Å². The van der Waals surface area contributed by atoms with E-state index in [4.69, 9.17) is 0 Å². The van der Waals surface area contributed by atoms with E-state index in [-0.39, 0.29) is 23.7 Å². The lowest BCUT2D eigenvalue weighted by Gasteiger charge is -2.37. The maximum absolute atomic E-state index is 12.9. The molecule has 1 aliphatic heterocycles. The van der Waals surface area contributed by atoms with Gasteiger partial charge < -0.3 is 14.7 Å². The van der Waals surface area contributed by atoms with Gasteiger partial charge in [-0.15, -0.1) is 0 Å². The summed E-state index contributed by atoms with van der Waals surface area (Å²) in [7, 11) is 3.45. The summed E-state index contributed by atoms with van der Waals surface area (Å²) >= 11 is 0. The third kappa shape index (κ3) is 4.43. The second-order valence-corrected chi connectivity index (χ2v) is 6.22. The zero-order valence-corrected chi connectivity index (χ0v) is 14.0. The number of carbonyl (C=O) groups excluding carboxylic acids is 2. The quantitative estimate of drug-likeness (QED) is 0.852. The standard InChI is InChI=1S/C17H24FN3O2/c1-13(12-14-4-6-15(18)7-5-14)16(22)20-8-10-21(11-9-20)17(23)19(2)3/h4-7,13H,8-12H2,1-3H3. The first-order chi connectivity index (χ1) is 10.9. The number of urea groups is 1. The van der Waals surface area contributed by atoms with E-state index in [2.05, 4.69) is 0 Å². The first kappa shape index (κ1) is 17.2. The molecule has 0 bridgehead atoms. The molecular weight excluding hydrogens is 297 g/mol. The van der Waals surface area contributed by atoms with Crippen LogP contribution in [-0.4, -0.2) is 66.9 Å². The molecule has 0 aromatic heterocycles. The predicted octanol–water partition coefficient (Wildman–Crippen LogP) is 1.83. The summed E-state index contributed by atoms with van der Waals surface area (Å²) in [6.07, 6.45) is 0.593. The number of hydrogen-bond acceptors (Lipinski definition) is 2. The molecule has 1 fully saturated rings. The molecule has 0 aliphatic carbocycles. The summed E-state index contributed by atoms with van der Waals surface area (Å²) < 4.78 is 12.9. The number of piperazine rings is 1. The van der Waals surface area contributed by atoms with Gasteiger partial charge in [0.05, 0.1) is 0 Å². The van der Waals surface area contributed by atoms with Gasteiger partial charge >= 0.3 is 6.03 Å². The van der Waals surface area contributed by atoms with Crippen LogP contribution in [0.4, 0.5) is 9.18 Å². The molecule has 5 nitrogen and oxygen atoms in total. The molecule has 1 aromatic rings. The minimum Gasteiger partial charge on any atom is -0.339 e. The molecule has 0 spiro atoms. The Balaban J connectivity index is 1.86. The van der Waals surface area contributed by atoms with Crippen molar-refractivity contribution >= 4 is 11.9 Å². The van der Waals surface area contributed by atoms with Crippen molar-refractivity contribution in [2.45, 2.75) is 13.3 Å². The normalized spacial score (nSPS) is 16.2. The highest BCUT2D eigenvalue weighted by molar-refractivity contribution is 5.79. The molecule has 1 aromatic carbocycles. The molecule has 1 aliphatic rings. The molecule has 0 N–H and O–H groups in total. The fourth-order valence-electron chi connectivity index (χ4n) is 2.77. The van der Waals surface area contributed by atoms with Gasteiger partial charge in [0.2, 0.25) is 5.91 Å². The topological polar surface area (TPSA) is 43.9 Å². The molecule has 126 valence electrons. The first-order valence-electron chi connectivity index (χ1n) is 7.88. The van der Waals surface area contributed by atoms with Gasteiger partial charge in [-0.1, -0.05) is 19.1 Å². The van der Waals surface area contributed by atoms with E-state index < -0.39 is 0 Å². The Labute approximate surface area is 136 Å². The molecule has 23 heavy (non-hydrogen) atoms. The van der Waals surface area contributed by atoms with Gasteiger partial charge in [0.25, 0.3) is 0 Å². The van der Waals surface area contributed by atoms with Crippen LogP contribution in [0.15, 0.2) is 24.3 Å². The second-order valence-electron chi connectivity index (χ2n) is 6.22. The number of rotatable bonds is 3. The lowest BCUT2D eigenvalue weighted by atomic mass is 9.99. The summed E-state index contributed by atoms with van der Waals surface area (Å²) in [5.74, 6) is -0.336. The fourth-order valence-corrected chi connectivity index (χ4v) is 2.77. The Kier molecular flexibility index (Phi) is 5.58. The summed E-state index contributed by atoms with van der Waals surface area (Å²) in [4.78, 5) is 29.5. The maximum atomic E-state index is 12.9. The van der Waals surface area contributed by atoms with Crippen LogP contribution < -0.4 is 0 Å². The zero-order chi connectivity index (χ0) is 17.0. The molecular formula is C17H24FN3O2. The molecule has 0 radical (unpaired) electrons. The van der Waals surface area contributed by atoms with Gasteiger partial charge in [-0.25, -0.2) is 9.18 Å². The number of nitrogens with zero attached hydrogens (tertiary/aromatic N) is 3. The van der Waals surface area contributed by atoms with Crippen LogP contribution in [0.5, 0.6) is 0 Å². The van der Waals surface area contributed by atoms with Gasteiger partial charge in [0.1, 0.15) is 5.82 Å². The number of halogens is 1. The molecule has 1 atom stereocenters. The molecule has 0 saturated carbocycles. The average molecular weight is 321 g/mol. The minimum absolute atomic E-state index is 0.0172. The highest BCUT2D eigenvalue weighted by Crippen LogP contribution is 2.14. The molecule has 1 saturated heterocycles. The van der Waals surface area contributed by atoms with Crippen LogP contribution in [0, 0.1) is 11.7 Å². The Morgan fingerprint density at radius 3 is 2.13 bits per heavy atom. The van der Waals surface area contributed by atoms with Crippen LogP contribution in [0.2, 0.25) is 0 Å². The third-order valence-corrected chi connectivity index (χ3v) is 4.12. The van der Waals surface area contributed by atoms with Crippen LogP contribution in [-0.2, 0) is 11.2 Å². The Morgan fingerprint density at radius 1 is 1.09 bits per heavy atom. The second kappa shape index (κ2) is 7.44. The Hall–Kier alpha value is -2.11. The fraction of sp³-hybridized carbons (Fsp3) is 0.529. The lowest BCUT2D eigenvalue weighted by Crippen LogP contribution is -2.53. The Morgan fingerprint density at radius 2 is 1.61 bits per heavy atom. The van der Waals surface area contributed by atoms with E-state index in [1.54, 1.807) is 36.0 Å². The van der Waals surface area contributed by atoms with Crippen molar-refractivity contribution < 1.29 is 14.0 Å². The largest absolute Gasteiger partial charge is 0.339 e. The maximum Gasteiger partial charge on any atom is 0.319 e.